The van der Waals surface area contributed by atoms with Crippen molar-refractivity contribution in [2.45, 2.75) is 23.2 Å². The van der Waals surface area contributed by atoms with Gasteiger partial charge in [0.1, 0.15) is 10.7 Å². The fourth-order valence-electron chi connectivity index (χ4n) is 1.34. The number of aromatic nitrogens is 4. The molecule has 0 aliphatic heterocycles. The van der Waals surface area contributed by atoms with Gasteiger partial charge in [-0.15, -0.1) is 10.2 Å². The van der Waals surface area contributed by atoms with Crippen LogP contribution in [0.25, 0.3) is 0 Å². The van der Waals surface area contributed by atoms with Crippen molar-refractivity contribution in [1.29, 1.82) is 0 Å². The summed E-state index contributed by atoms with van der Waals surface area (Å²) in [6.45, 7) is 3.40. The second-order valence-electron chi connectivity index (χ2n) is 3.48. The molecule has 0 bridgehead atoms. The lowest BCUT2D eigenvalue weighted by Crippen LogP contribution is -2.04. The maximum Gasteiger partial charge on any atom is 0.322 e. The van der Waals surface area contributed by atoms with E-state index in [0.29, 0.717) is 16.0 Å². The highest BCUT2D eigenvalue weighted by Gasteiger charge is 2.23. The molecule has 0 radical (unpaired) electrons. The molecule has 0 aromatic carbocycles. The van der Waals surface area contributed by atoms with Gasteiger partial charge in [-0.05, 0) is 25.6 Å². The van der Waals surface area contributed by atoms with E-state index in [1.807, 2.05) is 6.92 Å². The molecule has 8 nitrogen and oxygen atoms in total. The number of nitrogens with one attached hydrogen (secondary N) is 1. The quantitative estimate of drug-likeness (QED) is 0.519. The van der Waals surface area contributed by atoms with Gasteiger partial charge in [0.2, 0.25) is 5.95 Å². The van der Waals surface area contributed by atoms with E-state index in [1.54, 1.807) is 14.0 Å². The van der Waals surface area contributed by atoms with Gasteiger partial charge in [0.15, 0.2) is 9.37 Å². The van der Waals surface area contributed by atoms with Crippen molar-refractivity contribution in [2.24, 2.45) is 0 Å². The molecule has 0 saturated carbocycles. The number of rotatable bonds is 4. The third-order valence-corrected chi connectivity index (χ3v) is 3.99. The molecule has 0 unspecified atom stereocenters. The molecule has 19 heavy (non-hydrogen) atoms. The zero-order chi connectivity index (χ0) is 14.0. The van der Waals surface area contributed by atoms with E-state index in [1.165, 1.54) is 11.3 Å². The lowest BCUT2D eigenvalue weighted by atomic mass is 10.4. The summed E-state index contributed by atoms with van der Waals surface area (Å²) in [5, 5.41) is 22.7. The van der Waals surface area contributed by atoms with Crippen LogP contribution in [-0.4, -0.2) is 32.1 Å². The molecule has 100 valence electrons. The van der Waals surface area contributed by atoms with Crippen LogP contribution in [0.4, 0.5) is 11.6 Å². The summed E-state index contributed by atoms with van der Waals surface area (Å²) in [4.78, 5) is 18.7. The lowest BCUT2D eigenvalue weighted by molar-refractivity contribution is -0.389. The van der Waals surface area contributed by atoms with Gasteiger partial charge in [0, 0.05) is 7.05 Å². The minimum atomic E-state index is -0.481. The summed E-state index contributed by atoms with van der Waals surface area (Å²) in [5.74, 6) is 0.340. The number of anilines is 1. The highest BCUT2D eigenvalue weighted by atomic mass is 32.2. The fourth-order valence-corrected chi connectivity index (χ4v) is 3.22. The first-order valence-electron chi connectivity index (χ1n) is 5.20. The smallest absolute Gasteiger partial charge is 0.322 e. The van der Waals surface area contributed by atoms with Crippen molar-refractivity contribution in [2.75, 3.05) is 12.4 Å². The van der Waals surface area contributed by atoms with Crippen molar-refractivity contribution < 1.29 is 4.92 Å². The highest BCUT2D eigenvalue weighted by Crippen LogP contribution is 2.36. The van der Waals surface area contributed by atoms with Crippen LogP contribution in [0.15, 0.2) is 9.37 Å². The van der Waals surface area contributed by atoms with Crippen LogP contribution in [0.5, 0.6) is 0 Å². The second-order valence-corrected chi connectivity index (χ2v) is 5.90. The van der Waals surface area contributed by atoms with Crippen molar-refractivity contribution in [1.82, 2.24) is 20.2 Å². The van der Waals surface area contributed by atoms with Crippen LogP contribution in [0.3, 0.4) is 0 Å². The van der Waals surface area contributed by atoms with Gasteiger partial charge >= 0.3 is 5.69 Å². The molecule has 1 N–H and O–H groups in total. The Morgan fingerprint density at radius 2 is 2.05 bits per heavy atom. The van der Waals surface area contributed by atoms with E-state index in [0.717, 1.165) is 16.8 Å². The van der Waals surface area contributed by atoms with E-state index in [2.05, 4.69) is 25.5 Å². The molecule has 2 aromatic heterocycles. The number of hydrogen-bond acceptors (Lipinski definition) is 9. The monoisotopic (exact) mass is 298 g/mol. The predicted octanol–water partition coefficient (Wildman–Crippen LogP) is 2.05. The zero-order valence-electron chi connectivity index (χ0n) is 10.4. The van der Waals surface area contributed by atoms with Gasteiger partial charge in [-0.3, -0.25) is 10.1 Å². The molecule has 0 amide bonds. The predicted molar refractivity (Wildman–Crippen MR) is 71.7 cm³/mol. The Kier molecular flexibility index (Phi) is 3.90. The van der Waals surface area contributed by atoms with Gasteiger partial charge in [-0.2, -0.15) is 4.98 Å². The molecular formula is C9H10N6O2S2. The number of nitrogens with zero attached hydrogens (tertiary/aromatic N) is 5. The molecule has 0 spiro atoms. The standard InChI is InChI=1S/C9H10N6O2S2/c1-4-6(15(16)17)7(12-8(10-3)11-4)19-9-14-13-5(2)18-9/h1-3H3,(H,10,11,12). The number of nitro groups is 1. The van der Waals surface area contributed by atoms with Gasteiger partial charge in [0.25, 0.3) is 0 Å². The molecule has 2 heterocycles. The third kappa shape index (κ3) is 2.96. The molecule has 2 rings (SSSR count). The van der Waals surface area contributed by atoms with E-state index < -0.39 is 4.92 Å². The van der Waals surface area contributed by atoms with E-state index in [9.17, 15) is 10.1 Å². The molecule has 0 aliphatic carbocycles. The Morgan fingerprint density at radius 3 is 2.58 bits per heavy atom. The Balaban J connectivity index is 2.47. The van der Waals surface area contributed by atoms with E-state index in [-0.39, 0.29) is 10.7 Å². The summed E-state index contributed by atoms with van der Waals surface area (Å²) in [5.41, 5.74) is 0.213. The molecule has 0 atom stereocenters. The molecule has 2 aromatic rings. The minimum absolute atomic E-state index is 0.100. The van der Waals surface area contributed by atoms with Gasteiger partial charge < -0.3 is 5.32 Å². The first kappa shape index (κ1) is 13.6. The molecule has 10 heteroatoms. The van der Waals surface area contributed by atoms with Crippen LogP contribution in [0, 0.1) is 24.0 Å². The Bertz CT molecular complexity index is 629. The molecule has 0 fully saturated rings. The Labute approximate surface area is 116 Å². The minimum Gasteiger partial charge on any atom is -0.357 e. The molecule has 0 saturated heterocycles. The first-order chi connectivity index (χ1) is 9.01. The summed E-state index contributed by atoms with van der Waals surface area (Å²) >= 11 is 2.48. The normalized spacial score (nSPS) is 10.5. The van der Waals surface area contributed by atoms with Crippen molar-refractivity contribution >= 4 is 34.7 Å². The van der Waals surface area contributed by atoms with Gasteiger partial charge in [0.05, 0.1) is 4.92 Å². The third-order valence-electron chi connectivity index (χ3n) is 2.12. The number of hydrogen-bond donors (Lipinski definition) is 1. The lowest BCUT2D eigenvalue weighted by Gasteiger charge is -2.05. The maximum atomic E-state index is 11.1. The van der Waals surface area contributed by atoms with Crippen molar-refractivity contribution in [3.63, 3.8) is 0 Å². The maximum absolute atomic E-state index is 11.1. The second kappa shape index (κ2) is 5.45. The molecule has 0 aliphatic rings. The first-order valence-corrected chi connectivity index (χ1v) is 6.83. The van der Waals surface area contributed by atoms with Crippen LogP contribution >= 0.6 is 23.1 Å². The summed E-state index contributed by atoms with van der Waals surface area (Å²) in [6, 6.07) is 0. The highest BCUT2D eigenvalue weighted by molar-refractivity contribution is 8.01. The van der Waals surface area contributed by atoms with Crippen LogP contribution < -0.4 is 5.32 Å². The van der Waals surface area contributed by atoms with E-state index >= 15 is 0 Å². The Hall–Kier alpha value is -1.81. The van der Waals surface area contributed by atoms with Crippen LogP contribution in [0.1, 0.15) is 10.7 Å². The Morgan fingerprint density at radius 1 is 1.32 bits per heavy atom. The van der Waals surface area contributed by atoms with Gasteiger partial charge in [-0.25, -0.2) is 4.98 Å². The van der Waals surface area contributed by atoms with Crippen molar-refractivity contribution in [3.8, 4) is 0 Å². The summed E-state index contributed by atoms with van der Waals surface area (Å²) in [7, 11) is 1.66. The van der Waals surface area contributed by atoms with Gasteiger partial charge in [-0.1, -0.05) is 11.3 Å². The average Bonchev–Trinajstić information content (AvgIpc) is 2.73. The summed E-state index contributed by atoms with van der Waals surface area (Å²) in [6.07, 6.45) is 0. The topological polar surface area (TPSA) is 107 Å². The largest absolute Gasteiger partial charge is 0.357 e. The zero-order valence-corrected chi connectivity index (χ0v) is 12.0. The SMILES string of the molecule is CNc1nc(C)c([N+](=O)[O-])c(Sc2nnc(C)s2)n1. The van der Waals surface area contributed by atoms with Crippen molar-refractivity contribution in [3.05, 3.63) is 20.8 Å². The number of aryl methyl sites for hydroxylation is 2. The van der Waals surface area contributed by atoms with Crippen LogP contribution in [-0.2, 0) is 0 Å². The average molecular weight is 298 g/mol. The summed E-state index contributed by atoms with van der Waals surface area (Å²) < 4.78 is 0.612. The van der Waals surface area contributed by atoms with Crippen LogP contribution in [0.2, 0.25) is 0 Å². The fraction of sp³-hybridized carbons (Fsp3) is 0.333. The molecular weight excluding hydrogens is 288 g/mol. The van der Waals surface area contributed by atoms with E-state index in [4.69, 9.17) is 0 Å².